The van der Waals surface area contributed by atoms with Crippen LogP contribution < -0.4 is 10.2 Å². The van der Waals surface area contributed by atoms with Crippen molar-refractivity contribution in [2.75, 3.05) is 24.5 Å². The molecule has 0 aromatic heterocycles. The van der Waals surface area contributed by atoms with Gasteiger partial charge in [-0.1, -0.05) is 17.7 Å². The van der Waals surface area contributed by atoms with Crippen molar-refractivity contribution in [2.24, 2.45) is 5.92 Å². The number of amides is 3. The summed E-state index contributed by atoms with van der Waals surface area (Å²) in [5.41, 5.74) is 0.688. The third-order valence-corrected chi connectivity index (χ3v) is 4.31. The summed E-state index contributed by atoms with van der Waals surface area (Å²) >= 11 is 5.98. The van der Waals surface area contributed by atoms with Gasteiger partial charge in [-0.2, -0.15) is 0 Å². The van der Waals surface area contributed by atoms with Gasteiger partial charge in [0.25, 0.3) is 0 Å². The predicted molar refractivity (Wildman–Crippen MR) is 97.4 cm³/mol. The summed E-state index contributed by atoms with van der Waals surface area (Å²) in [6.07, 6.45) is 0.146. The minimum absolute atomic E-state index is 0.00929. The second-order valence-corrected chi connectivity index (χ2v) is 6.90. The molecule has 1 heterocycles. The molecule has 136 valence electrons. The highest BCUT2D eigenvalue weighted by molar-refractivity contribution is 6.31. The van der Waals surface area contributed by atoms with Gasteiger partial charge in [0.1, 0.15) is 0 Å². The topological polar surface area (TPSA) is 69.7 Å². The zero-order valence-corrected chi connectivity index (χ0v) is 15.5. The molecule has 0 aliphatic carbocycles. The third kappa shape index (κ3) is 4.95. The fourth-order valence-corrected chi connectivity index (χ4v) is 3.10. The maximum atomic E-state index is 12.7. The molecule has 25 heavy (non-hydrogen) atoms. The van der Waals surface area contributed by atoms with E-state index in [1.807, 2.05) is 20.8 Å². The molecule has 2 rings (SSSR count). The Morgan fingerprint density at radius 2 is 2.12 bits per heavy atom. The fraction of sp³-hybridized carbons (Fsp3) is 0.500. The SMILES string of the molecule is CCN(CC(=O)NC(C)C)C(=O)C1CC(=O)N(c2cccc(Cl)c2)C1. The molecule has 1 unspecified atom stereocenters. The Kier molecular flexibility index (Phi) is 6.42. The van der Waals surface area contributed by atoms with Gasteiger partial charge in [0, 0.05) is 36.3 Å². The molecular formula is C18H24ClN3O3. The first-order valence-corrected chi connectivity index (χ1v) is 8.83. The first-order valence-electron chi connectivity index (χ1n) is 8.45. The molecule has 0 radical (unpaired) electrons. The summed E-state index contributed by atoms with van der Waals surface area (Å²) in [5.74, 6) is -0.915. The molecule has 1 N–H and O–H groups in total. The molecular weight excluding hydrogens is 342 g/mol. The summed E-state index contributed by atoms with van der Waals surface area (Å²) in [5, 5.41) is 3.32. The van der Waals surface area contributed by atoms with E-state index in [1.165, 1.54) is 4.90 Å². The summed E-state index contributed by atoms with van der Waals surface area (Å²) in [7, 11) is 0. The minimum atomic E-state index is -0.446. The van der Waals surface area contributed by atoms with Crippen molar-refractivity contribution in [1.82, 2.24) is 10.2 Å². The van der Waals surface area contributed by atoms with E-state index in [0.29, 0.717) is 23.8 Å². The Balaban J connectivity index is 2.04. The van der Waals surface area contributed by atoms with Gasteiger partial charge in [-0.25, -0.2) is 0 Å². The molecule has 1 aromatic rings. The van der Waals surface area contributed by atoms with Crippen LogP contribution in [0.2, 0.25) is 5.02 Å². The van der Waals surface area contributed by atoms with Crippen LogP contribution in [0.25, 0.3) is 0 Å². The second kappa shape index (κ2) is 8.34. The summed E-state index contributed by atoms with van der Waals surface area (Å²) in [6, 6.07) is 7.03. The van der Waals surface area contributed by atoms with E-state index >= 15 is 0 Å². The predicted octanol–water partition coefficient (Wildman–Crippen LogP) is 2.07. The van der Waals surface area contributed by atoms with E-state index in [0.717, 1.165) is 0 Å². The quantitative estimate of drug-likeness (QED) is 0.839. The number of hydrogen-bond donors (Lipinski definition) is 1. The van der Waals surface area contributed by atoms with Crippen LogP contribution in [0.4, 0.5) is 5.69 Å². The van der Waals surface area contributed by atoms with Gasteiger partial charge >= 0.3 is 0 Å². The molecule has 1 aliphatic heterocycles. The largest absolute Gasteiger partial charge is 0.352 e. The molecule has 3 amide bonds. The Morgan fingerprint density at radius 3 is 2.72 bits per heavy atom. The van der Waals surface area contributed by atoms with E-state index < -0.39 is 5.92 Å². The molecule has 1 saturated heterocycles. The van der Waals surface area contributed by atoms with Crippen LogP contribution in [0.5, 0.6) is 0 Å². The van der Waals surface area contributed by atoms with Crippen molar-refractivity contribution in [3.63, 3.8) is 0 Å². The first kappa shape index (κ1) is 19.2. The van der Waals surface area contributed by atoms with Crippen LogP contribution in [-0.4, -0.2) is 48.3 Å². The van der Waals surface area contributed by atoms with E-state index in [2.05, 4.69) is 5.32 Å². The molecule has 1 atom stereocenters. The van der Waals surface area contributed by atoms with Gasteiger partial charge in [-0.15, -0.1) is 0 Å². The molecule has 1 fully saturated rings. The highest BCUT2D eigenvalue weighted by Crippen LogP contribution is 2.28. The smallest absolute Gasteiger partial charge is 0.239 e. The fourth-order valence-electron chi connectivity index (χ4n) is 2.91. The van der Waals surface area contributed by atoms with Crippen molar-refractivity contribution in [3.8, 4) is 0 Å². The van der Waals surface area contributed by atoms with Gasteiger partial charge in [0.15, 0.2) is 0 Å². The van der Waals surface area contributed by atoms with Crippen molar-refractivity contribution >= 4 is 35.0 Å². The van der Waals surface area contributed by atoms with E-state index in [4.69, 9.17) is 11.6 Å². The monoisotopic (exact) mass is 365 g/mol. The number of carbonyl (C=O) groups is 3. The van der Waals surface area contributed by atoms with Gasteiger partial charge in [-0.05, 0) is 39.0 Å². The number of nitrogens with zero attached hydrogens (tertiary/aromatic N) is 2. The van der Waals surface area contributed by atoms with Gasteiger partial charge in [-0.3, -0.25) is 14.4 Å². The van der Waals surface area contributed by atoms with Crippen molar-refractivity contribution in [2.45, 2.75) is 33.2 Å². The molecule has 0 bridgehead atoms. The maximum Gasteiger partial charge on any atom is 0.239 e. The molecule has 0 saturated carbocycles. The van der Waals surface area contributed by atoms with Gasteiger partial charge in [0.2, 0.25) is 17.7 Å². The summed E-state index contributed by atoms with van der Waals surface area (Å²) < 4.78 is 0. The zero-order valence-electron chi connectivity index (χ0n) is 14.8. The van der Waals surface area contributed by atoms with Gasteiger partial charge in [0.05, 0.1) is 12.5 Å². The molecule has 1 aromatic carbocycles. The number of hydrogen-bond acceptors (Lipinski definition) is 3. The Morgan fingerprint density at radius 1 is 1.40 bits per heavy atom. The lowest BCUT2D eigenvalue weighted by molar-refractivity contribution is -0.139. The second-order valence-electron chi connectivity index (χ2n) is 6.46. The molecule has 6 nitrogen and oxygen atoms in total. The van der Waals surface area contributed by atoms with Crippen LogP contribution >= 0.6 is 11.6 Å². The van der Waals surface area contributed by atoms with Crippen molar-refractivity contribution in [3.05, 3.63) is 29.3 Å². The van der Waals surface area contributed by atoms with Crippen LogP contribution in [0.3, 0.4) is 0 Å². The van der Waals surface area contributed by atoms with E-state index in [-0.39, 0.29) is 36.7 Å². The highest BCUT2D eigenvalue weighted by Gasteiger charge is 2.37. The third-order valence-electron chi connectivity index (χ3n) is 4.07. The van der Waals surface area contributed by atoms with E-state index in [9.17, 15) is 14.4 Å². The van der Waals surface area contributed by atoms with Crippen LogP contribution in [-0.2, 0) is 14.4 Å². The average molecular weight is 366 g/mol. The normalized spacial score (nSPS) is 17.1. The van der Waals surface area contributed by atoms with Gasteiger partial charge < -0.3 is 15.1 Å². The molecule has 0 spiro atoms. The lowest BCUT2D eigenvalue weighted by Gasteiger charge is -2.24. The molecule has 1 aliphatic rings. The van der Waals surface area contributed by atoms with Crippen molar-refractivity contribution in [1.29, 1.82) is 0 Å². The summed E-state index contributed by atoms with van der Waals surface area (Å²) in [6.45, 7) is 6.30. The Hall–Kier alpha value is -2.08. The average Bonchev–Trinajstić information content (AvgIpc) is 2.93. The van der Waals surface area contributed by atoms with Crippen molar-refractivity contribution < 1.29 is 14.4 Å². The Labute approximate surface area is 153 Å². The van der Waals surface area contributed by atoms with Crippen LogP contribution in [0.15, 0.2) is 24.3 Å². The highest BCUT2D eigenvalue weighted by atomic mass is 35.5. The number of halogens is 1. The van der Waals surface area contributed by atoms with Crippen LogP contribution in [0, 0.1) is 5.92 Å². The standard InChI is InChI=1S/C18H24ClN3O3/c1-4-21(11-16(23)20-12(2)3)18(25)13-8-17(24)22(10-13)15-7-5-6-14(19)9-15/h5-7,9,12-13H,4,8,10-11H2,1-3H3,(H,20,23). The molecule has 7 heteroatoms. The number of benzene rings is 1. The number of rotatable bonds is 6. The zero-order chi connectivity index (χ0) is 18.6. The lowest BCUT2D eigenvalue weighted by Crippen LogP contribution is -2.45. The Bertz CT molecular complexity index is 663. The van der Waals surface area contributed by atoms with E-state index in [1.54, 1.807) is 29.2 Å². The first-order chi connectivity index (χ1) is 11.8. The number of nitrogens with one attached hydrogen (secondary N) is 1. The number of likely N-dealkylation sites (N-methyl/N-ethyl adjacent to an activating group) is 1. The lowest BCUT2D eigenvalue weighted by atomic mass is 10.1. The number of anilines is 1. The number of carbonyl (C=O) groups excluding carboxylic acids is 3. The minimum Gasteiger partial charge on any atom is -0.352 e. The maximum absolute atomic E-state index is 12.7. The van der Waals surface area contributed by atoms with Crippen LogP contribution in [0.1, 0.15) is 27.2 Å². The summed E-state index contributed by atoms with van der Waals surface area (Å²) in [4.78, 5) is 40.1.